The first-order chi connectivity index (χ1) is 7.36. The third-order valence-electron chi connectivity index (χ3n) is 2.83. The first-order valence-corrected chi connectivity index (χ1v) is 5.38. The zero-order chi connectivity index (χ0) is 12.3. The average molecular weight is 222 g/mol. The highest BCUT2D eigenvalue weighted by atomic mass is 16.5. The van der Waals surface area contributed by atoms with Crippen molar-refractivity contribution in [1.82, 2.24) is 0 Å². The van der Waals surface area contributed by atoms with Crippen molar-refractivity contribution in [3.8, 4) is 11.5 Å². The molecule has 0 bridgehead atoms. The van der Waals surface area contributed by atoms with Crippen molar-refractivity contribution in [1.29, 1.82) is 0 Å². The molecule has 0 aliphatic carbocycles. The molecule has 1 rings (SSSR count). The Labute approximate surface area is 96.1 Å². The van der Waals surface area contributed by atoms with Crippen LogP contribution < -0.4 is 4.74 Å². The van der Waals surface area contributed by atoms with Crippen LogP contribution in [0.25, 0.3) is 0 Å². The van der Waals surface area contributed by atoms with Crippen molar-refractivity contribution >= 4 is 5.97 Å². The second-order valence-corrected chi connectivity index (χ2v) is 4.58. The molecule has 0 fully saturated rings. The van der Waals surface area contributed by atoms with E-state index in [2.05, 4.69) is 0 Å². The van der Waals surface area contributed by atoms with Gasteiger partial charge in [-0.1, -0.05) is 13.0 Å². The molecule has 0 amide bonds. The molecule has 0 aromatic heterocycles. The fourth-order valence-electron chi connectivity index (χ4n) is 1.04. The van der Waals surface area contributed by atoms with E-state index in [-0.39, 0.29) is 11.7 Å². The number of esters is 1. The zero-order valence-corrected chi connectivity index (χ0v) is 10.2. The number of phenols is 1. The lowest BCUT2D eigenvalue weighted by atomic mass is 9.91. The number of hydrogen-bond donors (Lipinski definition) is 1. The summed E-state index contributed by atoms with van der Waals surface area (Å²) in [5.74, 6) is 0.243. The van der Waals surface area contributed by atoms with E-state index in [0.717, 1.165) is 5.56 Å². The number of aryl methyl sites for hydroxylation is 1. The van der Waals surface area contributed by atoms with E-state index < -0.39 is 5.41 Å². The number of phenolic OH excluding ortho intramolecular Hbond substituents is 1. The standard InChI is InChI=1S/C13H18O3/c1-5-13(3,4)12(15)16-10-7-6-9(2)11(14)8-10/h6-8,14H,5H2,1-4H3. The zero-order valence-electron chi connectivity index (χ0n) is 10.2. The van der Waals surface area contributed by atoms with Crippen LogP contribution in [0, 0.1) is 12.3 Å². The summed E-state index contributed by atoms with van der Waals surface area (Å²) in [6.45, 7) is 7.40. The Morgan fingerprint density at radius 2 is 2.06 bits per heavy atom. The molecule has 0 saturated carbocycles. The van der Waals surface area contributed by atoms with Gasteiger partial charge in [0.25, 0.3) is 0 Å². The van der Waals surface area contributed by atoms with Gasteiger partial charge < -0.3 is 9.84 Å². The van der Waals surface area contributed by atoms with Crippen molar-refractivity contribution in [3.63, 3.8) is 0 Å². The summed E-state index contributed by atoms with van der Waals surface area (Å²) in [6, 6.07) is 4.86. The summed E-state index contributed by atoms with van der Waals surface area (Å²) in [7, 11) is 0. The topological polar surface area (TPSA) is 46.5 Å². The van der Waals surface area contributed by atoms with E-state index in [0.29, 0.717) is 12.2 Å². The summed E-state index contributed by atoms with van der Waals surface area (Å²) in [4.78, 5) is 11.8. The van der Waals surface area contributed by atoms with Crippen molar-refractivity contribution in [2.75, 3.05) is 0 Å². The smallest absolute Gasteiger partial charge is 0.316 e. The molecule has 3 heteroatoms. The molecule has 0 spiro atoms. The van der Waals surface area contributed by atoms with Gasteiger partial charge in [0.1, 0.15) is 11.5 Å². The first-order valence-electron chi connectivity index (χ1n) is 5.38. The second kappa shape index (κ2) is 4.56. The van der Waals surface area contributed by atoms with E-state index >= 15 is 0 Å². The van der Waals surface area contributed by atoms with Crippen LogP contribution in [0.1, 0.15) is 32.8 Å². The summed E-state index contributed by atoms with van der Waals surface area (Å²) in [5.41, 5.74) is 0.259. The molecule has 0 atom stereocenters. The largest absolute Gasteiger partial charge is 0.508 e. The summed E-state index contributed by atoms with van der Waals surface area (Å²) >= 11 is 0. The lowest BCUT2D eigenvalue weighted by Gasteiger charge is -2.20. The van der Waals surface area contributed by atoms with Gasteiger partial charge in [-0.05, 0) is 38.8 Å². The van der Waals surface area contributed by atoms with Gasteiger partial charge in [0.2, 0.25) is 0 Å². The van der Waals surface area contributed by atoms with Crippen LogP contribution in [-0.4, -0.2) is 11.1 Å². The van der Waals surface area contributed by atoms with Gasteiger partial charge in [-0.25, -0.2) is 0 Å². The van der Waals surface area contributed by atoms with Gasteiger partial charge in [-0.3, -0.25) is 4.79 Å². The molecule has 3 nitrogen and oxygen atoms in total. The SMILES string of the molecule is CCC(C)(C)C(=O)Oc1ccc(C)c(O)c1. The van der Waals surface area contributed by atoms with Crippen molar-refractivity contribution < 1.29 is 14.6 Å². The van der Waals surface area contributed by atoms with Gasteiger partial charge in [0.05, 0.1) is 5.41 Å². The second-order valence-electron chi connectivity index (χ2n) is 4.58. The summed E-state index contributed by atoms with van der Waals surface area (Å²) < 4.78 is 5.21. The lowest BCUT2D eigenvalue weighted by molar-refractivity contribution is -0.144. The Bertz CT molecular complexity index is 394. The third-order valence-corrected chi connectivity index (χ3v) is 2.83. The molecule has 1 aromatic rings. The minimum Gasteiger partial charge on any atom is -0.508 e. The number of carbonyl (C=O) groups excluding carboxylic acids is 1. The van der Waals surface area contributed by atoms with Gasteiger partial charge in [-0.2, -0.15) is 0 Å². The molecule has 0 unspecified atom stereocenters. The first kappa shape index (κ1) is 12.6. The minimum absolute atomic E-state index is 0.139. The van der Waals surface area contributed by atoms with E-state index in [9.17, 15) is 9.90 Å². The number of benzene rings is 1. The van der Waals surface area contributed by atoms with E-state index in [1.165, 1.54) is 6.07 Å². The minimum atomic E-state index is -0.499. The van der Waals surface area contributed by atoms with Crippen LogP contribution in [0.4, 0.5) is 0 Å². The number of hydrogen-bond acceptors (Lipinski definition) is 3. The fraction of sp³-hybridized carbons (Fsp3) is 0.462. The lowest BCUT2D eigenvalue weighted by Crippen LogP contribution is -2.28. The molecule has 0 aliphatic rings. The van der Waals surface area contributed by atoms with Crippen LogP contribution in [0.5, 0.6) is 11.5 Å². The highest BCUT2D eigenvalue weighted by molar-refractivity contribution is 5.78. The maximum atomic E-state index is 11.8. The van der Waals surface area contributed by atoms with Gasteiger partial charge in [0, 0.05) is 6.07 Å². The maximum Gasteiger partial charge on any atom is 0.316 e. The summed E-state index contributed by atoms with van der Waals surface area (Å²) in [5, 5.41) is 9.48. The van der Waals surface area contributed by atoms with Crippen molar-refractivity contribution in [3.05, 3.63) is 23.8 Å². The van der Waals surface area contributed by atoms with E-state index in [1.807, 2.05) is 20.8 Å². The average Bonchev–Trinajstić information content (AvgIpc) is 2.23. The third kappa shape index (κ3) is 2.75. The van der Waals surface area contributed by atoms with Crippen LogP contribution in [0.2, 0.25) is 0 Å². The molecule has 0 aliphatic heterocycles. The van der Waals surface area contributed by atoms with E-state index in [4.69, 9.17) is 4.74 Å². The van der Waals surface area contributed by atoms with Crippen molar-refractivity contribution in [2.24, 2.45) is 5.41 Å². The van der Waals surface area contributed by atoms with Gasteiger partial charge in [0.15, 0.2) is 0 Å². The Kier molecular flexibility index (Phi) is 3.58. The molecule has 1 aromatic carbocycles. The molecule has 88 valence electrons. The predicted octanol–water partition coefficient (Wildman–Crippen LogP) is 3.04. The number of rotatable bonds is 3. The Morgan fingerprint density at radius 3 is 2.56 bits per heavy atom. The molecular weight excluding hydrogens is 204 g/mol. The number of carbonyl (C=O) groups is 1. The van der Waals surface area contributed by atoms with Crippen LogP contribution in [-0.2, 0) is 4.79 Å². The highest BCUT2D eigenvalue weighted by Crippen LogP contribution is 2.26. The van der Waals surface area contributed by atoms with Crippen LogP contribution in [0.3, 0.4) is 0 Å². The number of ether oxygens (including phenoxy) is 1. The quantitative estimate of drug-likeness (QED) is 0.631. The van der Waals surface area contributed by atoms with Crippen molar-refractivity contribution in [2.45, 2.75) is 34.1 Å². The van der Waals surface area contributed by atoms with Gasteiger partial charge >= 0.3 is 5.97 Å². The number of aromatic hydroxyl groups is 1. The van der Waals surface area contributed by atoms with Crippen LogP contribution in [0.15, 0.2) is 18.2 Å². The van der Waals surface area contributed by atoms with E-state index in [1.54, 1.807) is 19.1 Å². The molecule has 16 heavy (non-hydrogen) atoms. The summed E-state index contributed by atoms with van der Waals surface area (Å²) in [6.07, 6.45) is 0.712. The predicted molar refractivity (Wildman–Crippen MR) is 62.6 cm³/mol. The molecule has 0 saturated heterocycles. The molecular formula is C13H18O3. The Hall–Kier alpha value is -1.51. The Morgan fingerprint density at radius 1 is 1.44 bits per heavy atom. The highest BCUT2D eigenvalue weighted by Gasteiger charge is 2.27. The molecule has 0 heterocycles. The normalized spacial score (nSPS) is 11.2. The van der Waals surface area contributed by atoms with Gasteiger partial charge in [-0.15, -0.1) is 0 Å². The Balaban J connectivity index is 2.82. The molecule has 1 N–H and O–H groups in total. The fourth-order valence-corrected chi connectivity index (χ4v) is 1.04. The molecule has 0 radical (unpaired) electrons. The maximum absolute atomic E-state index is 11.8. The van der Waals surface area contributed by atoms with Crippen LogP contribution >= 0.6 is 0 Å². The monoisotopic (exact) mass is 222 g/mol.